The van der Waals surface area contributed by atoms with Gasteiger partial charge in [-0.15, -0.1) is 0 Å². The zero-order valence-electron chi connectivity index (χ0n) is 11.6. The highest BCUT2D eigenvalue weighted by Gasteiger charge is 2.33. The summed E-state index contributed by atoms with van der Waals surface area (Å²) in [4.78, 5) is 29.0. The molecule has 7 heteroatoms. The van der Waals surface area contributed by atoms with Crippen LogP contribution in [-0.4, -0.2) is 44.6 Å². The first-order chi connectivity index (χ1) is 10.1. The minimum Gasteiger partial charge on any atom is -0.481 e. The molecule has 2 aromatic rings. The van der Waals surface area contributed by atoms with Crippen LogP contribution < -0.4 is 0 Å². The minimum absolute atomic E-state index is 0.0514. The standard InChI is InChI=1S/C14H15N3O4/c1-8-11-6-9(7-15-13(11)21-16-8)14(20)17(10-2-3-10)5-4-12(18)19/h6-7,10H,2-5H2,1H3,(H,18,19). The normalized spacial score (nSPS) is 14.3. The van der Waals surface area contributed by atoms with Crippen molar-refractivity contribution in [2.75, 3.05) is 6.54 Å². The number of rotatable bonds is 5. The van der Waals surface area contributed by atoms with Crippen LogP contribution in [0.1, 0.15) is 35.3 Å². The summed E-state index contributed by atoms with van der Waals surface area (Å²) in [7, 11) is 0. The molecule has 0 radical (unpaired) electrons. The molecule has 0 spiro atoms. The quantitative estimate of drug-likeness (QED) is 0.898. The molecule has 1 amide bonds. The van der Waals surface area contributed by atoms with Crippen molar-refractivity contribution in [1.29, 1.82) is 0 Å². The van der Waals surface area contributed by atoms with Crippen molar-refractivity contribution in [2.45, 2.75) is 32.2 Å². The van der Waals surface area contributed by atoms with Gasteiger partial charge in [-0.2, -0.15) is 0 Å². The van der Waals surface area contributed by atoms with Crippen molar-refractivity contribution in [3.8, 4) is 0 Å². The third kappa shape index (κ3) is 2.72. The van der Waals surface area contributed by atoms with E-state index in [1.54, 1.807) is 17.9 Å². The first-order valence-corrected chi connectivity index (χ1v) is 6.81. The van der Waals surface area contributed by atoms with E-state index in [4.69, 9.17) is 9.63 Å². The molecule has 2 heterocycles. The first kappa shape index (κ1) is 13.5. The molecular weight excluding hydrogens is 274 g/mol. The van der Waals surface area contributed by atoms with Crippen LogP contribution in [0.2, 0.25) is 0 Å². The second-order valence-corrected chi connectivity index (χ2v) is 5.22. The fraction of sp³-hybridized carbons (Fsp3) is 0.429. The maximum atomic E-state index is 12.6. The number of aryl methyl sites for hydroxylation is 1. The molecule has 0 unspecified atom stereocenters. The van der Waals surface area contributed by atoms with Gasteiger partial charge in [0.1, 0.15) is 0 Å². The Bertz CT molecular complexity index is 705. The van der Waals surface area contributed by atoms with Gasteiger partial charge in [-0.1, -0.05) is 5.16 Å². The van der Waals surface area contributed by atoms with E-state index in [0.29, 0.717) is 22.4 Å². The Labute approximate surface area is 120 Å². The fourth-order valence-electron chi connectivity index (χ4n) is 2.28. The van der Waals surface area contributed by atoms with E-state index in [1.165, 1.54) is 6.20 Å². The van der Waals surface area contributed by atoms with E-state index in [2.05, 4.69) is 10.1 Å². The van der Waals surface area contributed by atoms with Gasteiger partial charge in [0, 0.05) is 18.8 Å². The molecule has 0 aromatic carbocycles. The first-order valence-electron chi connectivity index (χ1n) is 6.81. The number of fused-ring (bicyclic) bond motifs is 1. The van der Waals surface area contributed by atoms with Gasteiger partial charge in [0.25, 0.3) is 11.6 Å². The average Bonchev–Trinajstić information content (AvgIpc) is 3.23. The maximum absolute atomic E-state index is 12.6. The summed E-state index contributed by atoms with van der Waals surface area (Å²) < 4.78 is 5.02. The number of amides is 1. The van der Waals surface area contributed by atoms with E-state index in [9.17, 15) is 9.59 Å². The Morgan fingerprint density at radius 2 is 2.24 bits per heavy atom. The predicted molar refractivity (Wildman–Crippen MR) is 72.9 cm³/mol. The lowest BCUT2D eigenvalue weighted by atomic mass is 10.2. The highest BCUT2D eigenvalue weighted by atomic mass is 16.5. The van der Waals surface area contributed by atoms with Crippen molar-refractivity contribution in [3.63, 3.8) is 0 Å². The molecule has 0 saturated heterocycles. The Morgan fingerprint density at radius 3 is 2.90 bits per heavy atom. The number of aromatic nitrogens is 2. The maximum Gasteiger partial charge on any atom is 0.305 e. The van der Waals surface area contributed by atoms with Crippen molar-refractivity contribution in [3.05, 3.63) is 23.5 Å². The minimum atomic E-state index is -0.906. The number of pyridine rings is 1. The number of carboxylic acids is 1. The number of hydrogen-bond acceptors (Lipinski definition) is 5. The predicted octanol–water partition coefficient (Wildman–Crippen LogP) is 1.61. The molecule has 1 aliphatic rings. The Morgan fingerprint density at radius 1 is 1.48 bits per heavy atom. The summed E-state index contributed by atoms with van der Waals surface area (Å²) in [5.41, 5.74) is 1.51. The van der Waals surface area contributed by atoms with Crippen LogP contribution in [0.4, 0.5) is 0 Å². The average molecular weight is 289 g/mol. The lowest BCUT2D eigenvalue weighted by molar-refractivity contribution is -0.137. The van der Waals surface area contributed by atoms with Gasteiger partial charge in [0.2, 0.25) is 0 Å². The van der Waals surface area contributed by atoms with Crippen LogP contribution in [-0.2, 0) is 4.79 Å². The van der Waals surface area contributed by atoms with Crippen LogP contribution >= 0.6 is 0 Å². The number of carboxylic acid groups (broad SMARTS) is 1. The van der Waals surface area contributed by atoms with E-state index in [0.717, 1.165) is 12.8 Å². The molecule has 7 nitrogen and oxygen atoms in total. The number of aliphatic carboxylic acids is 1. The van der Waals surface area contributed by atoms with Gasteiger partial charge in [0.05, 0.1) is 23.1 Å². The van der Waals surface area contributed by atoms with Gasteiger partial charge in [-0.3, -0.25) is 9.59 Å². The Balaban J connectivity index is 1.86. The zero-order valence-corrected chi connectivity index (χ0v) is 11.6. The van der Waals surface area contributed by atoms with E-state index >= 15 is 0 Å². The van der Waals surface area contributed by atoms with Crippen LogP contribution in [0.15, 0.2) is 16.8 Å². The largest absolute Gasteiger partial charge is 0.481 e. The van der Waals surface area contributed by atoms with Gasteiger partial charge >= 0.3 is 5.97 Å². The summed E-state index contributed by atoms with van der Waals surface area (Å²) in [6.07, 6.45) is 3.25. The SMILES string of the molecule is Cc1noc2ncc(C(=O)N(CCC(=O)O)C3CC3)cc12. The smallest absolute Gasteiger partial charge is 0.305 e. The van der Waals surface area contributed by atoms with E-state index in [1.807, 2.05) is 0 Å². The lowest BCUT2D eigenvalue weighted by Crippen LogP contribution is -2.35. The van der Waals surface area contributed by atoms with Crippen LogP contribution in [0.25, 0.3) is 11.1 Å². The number of hydrogen-bond donors (Lipinski definition) is 1. The number of carbonyl (C=O) groups is 2. The van der Waals surface area contributed by atoms with E-state index in [-0.39, 0.29) is 24.9 Å². The summed E-state index contributed by atoms with van der Waals surface area (Å²) in [6, 6.07) is 1.85. The molecule has 1 fully saturated rings. The van der Waals surface area contributed by atoms with Crippen molar-refractivity contribution in [2.24, 2.45) is 0 Å². The molecule has 110 valence electrons. The van der Waals surface area contributed by atoms with Gasteiger partial charge in [-0.05, 0) is 25.8 Å². The topological polar surface area (TPSA) is 96.5 Å². The molecule has 0 atom stereocenters. The molecule has 3 rings (SSSR count). The second-order valence-electron chi connectivity index (χ2n) is 5.22. The van der Waals surface area contributed by atoms with E-state index < -0.39 is 5.97 Å². The zero-order chi connectivity index (χ0) is 15.0. The molecule has 1 saturated carbocycles. The van der Waals surface area contributed by atoms with Gasteiger partial charge in [0.15, 0.2) is 0 Å². The molecule has 1 N–H and O–H groups in total. The summed E-state index contributed by atoms with van der Waals surface area (Å²) in [5.74, 6) is -1.09. The summed E-state index contributed by atoms with van der Waals surface area (Å²) in [6.45, 7) is 2.00. The van der Waals surface area contributed by atoms with Crippen molar-refractivity contribution < 1.29 is 19.2 Å². The molecule has 21 heavy (non-hydrogen) atoms. The van der Waals surface area contributed by atoms with Gasteiger partial charge < -0.3 is 14.5 Å². The fourth-order valence-corrected chi connectivity index (χ4v) is 2.28. The monoisotopic (exact) mass is 289 g/mol. The third-order valence-electron chi connectivity index (χ3n) is 3.57. The van der Waals surface area contributed by atoms with Gasteiger partial charge in [-0.25, -0.2) is 4.98 Å². The lowest BCUT2D eigenvalue weighted by Gasteiger charge is -2.21. The van der Waals surface area contributed by atoms with Crippen molar-refractivity contribution >= 4 is 23.0 Å². The second kappa shape index (κ2) is 5.16. The number of carbonyl (C=O) groups excluding carboxylic acids is 1. The molecule has 1 aliphatic carbocycles. The highest BCUT2D eigenvalue weighted by molar-refractivity contribution is 5.97. The van der Waals surface area contributed by atoms with Crippen LogP contribution in [0.3, 0.4) is 0 Å². The van der Waals surface area contributed by atoms with Crippen LogP contribution in [0.5, 0.6) is 0 Å². The Hall–Kier alpha value is -2.44. The highest BCUT2D eigenvalue weighted by Crippen LogP contribution is 2.29. The van der Waals surface area contributed by atoms with Crippen LogP contribution in [0, 0.1) is 6.92 Å². The van der Waals surface area contributed by atoms with Crippen molar-refractivity contribution in [1.82, 2.24) is 15.0 Å². The molecule has 0 bridgehead atoms. The molecule has 2 aromatic heterocycles. The molecule has 0 aliphatic heterocycles. The molecular formula is C14H15N3O4. The Kier molecular flexibility index (Phi) is 3.32. The summed E-state index contributed by atoms with van der Waals surface area (Å²) >= 11 is 0. The third-order valence-corrected chi connectivity index (χ3v) is 3.57. The summed E-state index contributed by atoms with van der Waals surface area (Å²) in [5, 5.41) is 13.3. The number of nitrogens with zero attached hydrogens (tertiary/aromatic N) is 3.